The highest BCUT2D eigenvalue weighted by atomic mass is 16.4. The third kappa shape index (κ3) is 2.16. The summed E-state index contributed by atoms with van der Waals surface area (Å²) in [5.74, 6) is -1.72. The van der Waals surface area contributed by atoms with Crippen molar-refractivity contribution in [1.82, 2.24) is 5.32 Å². The summed E-state index contributed by atoms with van der Waals surface area (Å²) in [5.41, 5.74) is 5.33. The summed E-state index contributed by atoms with van der Waals surface area (Å²) in [6.07, 6.45) is -0.531. The van der Waals surface area contributed by atoms with Crippen molar-refractivity contribution in [2.24, 2.45) is 5.73 Å². The van der Waals surface area contributed by atoms with E-state index in [-0.39, 0.29) is 12.8 Å². The molecule has 74 valence electrons. The van der Waals surface area contributed by atoms with Gasteiger partial charge in [0.1, 0.15) is 12.1 Å². The van der Waals surface area contributed by atoms with Crippen molar-refractivity contribution >= 4 is 11.9 Å². The largest absolute Gasteiger partial charge is 0.480 e. The van der Waals surface area contributed by atoms with Crippen molar-refractivity contribution in [1.29, 1.82) is 0 Å². The molecule has 0 aliphatic carbocycles. The zero-order chi connectivity index (χ0) is 10.0. The van der Waals surface area contributed by atoms with E-state index >= 15 is 0 Å². The Morgan fingerprint density at radius 1 is 1.54 bits per heavy atom. The van der Waals surface area contributed by atoms with Crippen LogP contribution in [0.25, 0.3) is 0 Å². The van der Waals surface area contributed by atoms with E-state index in [1.165, 1.54) is 0 Å². The number of amides is 1. The molecule has 0 unspecified atom stereocenters. The van der Waals surface area contributed by atoms with Gasteiger partial charge in [0.25, 0.3) is 0 Å². The maximum Gasteiger partial charge on any atom is 0.326 e. The molecule has 3 atom stereocenters. The molecule has 13 heavy (non-hydrogen) atoms. The average Bonchev–Trinajstić information content (AvgIpc) is 2.19. The molecular formula is C7H12N2O4. The Kier molecular flexibility index (Phi) is 2.84. The van der Waals surface area contributed by atoms with Crippen LogP contribution in [-0.4, -0.2) is 40.3 Å². The molecule has 1 amide bonds. The second kappa shape index (κ2) is 3.71. The van der Waals surface area contributed by atoms with Gasteiger partial charge in [-0.3, -0.25) is 4.79 Å². The number of carbonyl (C=O) groups excluding carboxylic acids is 1. The molecule has 0 saturated carbocycles. The Bertz CT molecular complexity index is 231. The Hall–Kier alpha value is -1.14. The first-order valence-corrected chi connectivity index (χ1v) is 3.99. The number of nitrogens with one attached hydrogen (secondary N) is 1. The number of aliphatic hydroxyl groups is 1. The minimum absolute atomic E-state index is 0.204. The van der Waals surface area contributed by atoms with Crippen LogP contribution in [0.2, 0.25) is 0 Å². The lowest BCUT2D eigenvalue weighted by atomic mass is 10.1. The molecule has 1 aliphatic heterocycles. The third-order valence-corrected chi connectivity index (χ3v) is 2.08. The van der Waals surface area contributed by atoms with Crippen LogP contribution in [0.3, 0.4) is 0 Å². The van der Waals surface area contributed by atoms with Crippen LogP contribution >= 0.6 is 0 Å². The Morgan fingerprint density at radius 3 is 2.69 bits per heavy atom. The van der Waals surface area contributed by atoms with E-state index in [1.54, 1.807) is 0 Å². The maximum absolute atomic E-state index is 11.1. The van der Waals surface area contributed by atoms with Crippen molar-refractivity contribution in [2.75, 3.05) is 0 Å². The minimum atomic E-state index is -1.10. The van der Waals surface area contributed by atoms with Gasteiger partial charge in [-0.1, -0.05) is 0 Å². The van der Waals surface area contributed by atoms with Crippen molar-refractivity contribution < 1.29 is 19.8 Å². The zero-order valence-corrected chi connectivity index (χ0v) is 6.93. The van der Waals surface area contributed by atoms with Gasteiger partial charge in [0.2, 0.25) is 5.91 Å². The summed E-state index contributed by atoms with van der Waals surface area (Å²) in [6, 6.07) is -1.96. The first kappa shape index (κ1) is 9.94. The van der Waals surface area contributed by atoms with Gasteiger partial charge in [0.15, 0.2) is 0 Å². The van der Waals surface area contributed by atoms with Gasteiger partial charge in [-0.25, -0.2) is 4.79 Å². The maximum atomic E-state index is 11.1. The molecule has 1 heterocycles. The van der Waals surface area contributed by atoms with Crippen LogP contribution < -0.4 is 11.1 Å². The van der Waals surface area contributed by atoms with Crippen LogP contribution in [-0.2, 0) is 9.59 Å². The van der Waals surface area contributed by atoms with Crippen LogP contribution in [0.4, 0.5) is 0 Å². The van der Waals surface area contributed by atoms with Crippen LogP contribution in [0.1, 0.15) is 12.8 Å². The highest BCUT2D eigenvalue weighted by molar-refractivity contribution is 5.87. The minimum Gasteiger partial charge on any atom is -0.480 e. The first-order chi connectivity index (χ1) is 6.02. The van der Waals surface area contributed by atoms with Crippen LogP contribution in [0.15, 0.2) is 0 Å². The summed E-state index contributed by atoms with van der Waals surface area (Å²) >= 11 is 0. The monoisotopic (exact) mass is 188 g/mol. The number of rotatable bonds is 1. The average molecular weight is 188 g/mol. The third-order valence-electron chi connectivity index (χ3n) is 2.08. The number of hydrogen-bond donors (Lipinski definition) is 4. The van der Waals surface area contributed by atoms with E-state index in [0.717, 1.165) is 0 Å². The number of aliphatic carboxylic acids is 1. The molecule has 1 aliphatic rings. The van der Waals surface area contributed by atoms with Crippen molar-refractivity contribution in [3.63, 3.8) is 0 Å². The number of carbonyl (C=O) groups is 2. The van der Waals surface area contributed by atoms with Gasteiger partial charge in [0, 0.05) is 0 Å². The standard InChI is InChI=1S/C7H12N2O4/c8-5-4(10)2-1-3(7(12)13)9-6(5)11/h3-5,10H,1-2,8H2,(H,9,11)(H,12,13)/t3-,4-,5-/m1/s1. The Labute approximate surface area is 74.7 Å². The first-order valence-electron chi connectivity index (χ1n) is 3.99. The Morgan fingerprint density at radius 2 is 2.15 bits per heavy atom. The SMILES string of the molecule is N[C@H]1C(=O)N[C@@H](C(=O)O)CC[C@H]1O. The number of carboxylic acids is 1. The molecule has 6 nitrogen and oxygen atoms in total. The molecule has 6 heteroatoms. The Balaban J connectivity index is 2.69. The molecule has 0 aromatic carbocycles. The molecule has 0 aromatic rings. The van der Waals surface area contributed by atoms with Gasteiger partial charge in [-0.2, -0.15) is 0 Å². The summed E-state index contributed by atoms with van der Waals surface area (Å²) in [5, 5.41) is 20.1. The van der Waals surface area contributed by atoms with E-state index in [9.17, 15) is 14.7 Å². The van der Waals surface area contributed by atoms with Crippen LogP contribution in [0.5, 0.6) is 0 Å². The van der Waals surface area contributed by atoms with E-state index < -0.39 is 30.1 Å². The molecule has 0 spiro atoms. The summed E-state index contributed by atoms with van der Waals surface area (Å²) in [7, 11) is 0. The fourth-order valence-corrected chi connectivity index (χ4v) is 1.22. The van der Waals surface area contributed by atoms with Gasteiger partial charge in [-0.15, -0.1) is 0 Å². The van der Waals surface area contributed by atoms with E-state index in [0.29, 0.717) is 0 Å². The molecule has 1 saturated heterocycles. The van der Waals surface area contributed by atoms with Gasteiger partial charge in [-0.05, 0) is 12.8 Å². The molecule has 0 radical (unpaired) electrons. The quantitative estimate of drug-likeness (QED) is 0.381. The highest BCUT2D eigenvalue weighted by Crippen LogP contribution is 2.09. The number of hydrogen-bond acceptors (Lipinski definition) is 4. The molecule has 1 fully saturated rings. The fourth-order valence-electron chi connectivity index (χ4n) is 1.22. The van der Waals surface area contributed by atoms with Gasteiger partial charge < -0.3 is 21.3 Å². The number of carboxylic acid groups (broad SMARTS) is 1. The van der Waals surface area contributed by atoms with E-state index in [1.807, 2.05) is 0 Å². The highest BCUT2D eigenvalue weighted by Gasteiger charge is 2.32. The lowest BCUT2D eigenvalue weighted by molar-refractivity contribution is -0.141. The van der Waals surface area contributed by atoms with Gasteiger partial charge in [0.05, 0.1) is 6.10 Å². The van der Waals surface area contributed by atoms with E-state index in [4.69, 9.17) is 10.8 Å². The fraction of sp³-hybridized carbons (Fsp3) is 0.714. The molecule has 0 aromatic heterocycles. The zero-order valence-electron chi connectivity index (χ0n) is 6.93. The summed E-state index contributed by atoms with van der Waals surface area (Å²) < 4.78 is 0. The molecule has 0 bridgehead atoms. The topological polar surface area (TPSA) is 113 Å². The predicted octanol–water partition coefficient (Wildman–Crippen LogP) is -1.96. The van der Waals surface area contributed by atoms with Crippen LogP contribution in [0, 0.1) is 0 Å². The second-order valence-electron chi connectivity index (χ2n) is 3.07. The van der Waals surface area contributed by atoms with Crippen molar-refractivity contribution in [2.45, 2.75) is 31.0 Å². The number of nitrogens with two attached hydrogens (primary N) is 1. The van der Waals surface area contributed by atoms with Crippen molar-refractivity contribution in [3.8, 4) is 0 Å². The van der Waals surface area contributed by atoms with Crippen molar-refractivity contribution in [3.05, 3.63) is 0 Å². The second-order valence-corrected chi connectivity index (χ2v) is 3.07. The predicted molar refractivity (Wildman–Crippen MR) is 42.8 cm³/mol. The number of aliphatic hydroxyl groups excluding tert-OH is 1. The summed E-state index contributed by atoms with van der Waals surface area (Å²) in [4.78, 5) is 21.6. The lowest BCUT2D eigenvalue weighted by Gasteiger charge is -2.12. The normalized spacial score (nSPS) is 34.9. The summed E-state index contributed by atoms with van der Waals surface area (Å²) in [6.45, 7) is 0. The lowest BCUT2D eigenvalue weighted by Crippen LogP contribution is -2.49. The smallest absolute Gasteiger partial charge is 0.326 e. The molecule has 5 N–H and O–H groups in total. The molecular weight excluding hydrogens is 176 g/mol. The van der Waals surface area contributed by atoms with Gasteiger partial charge >= 0.3 is 5.97 Å². The van der Waals surface area contributed by atoms with E-state index in [2.05, 4.69) is 5.32 Å². The molecule has 1 rings (SSSR count).